The van der Waals surface area contributed by atoms with Gasteiger partial charge in [-0.1, -0.05) is 18.2 Å². The molecule has 5 rings (SSSR count). The second-order valence-electron chi connectivity index (χ2n) is 7.86. The van der Waals surface area contributed by atoms with Crippen LogP contribution in [0.25, 0.3) is 0 Å². The number of halogens is 1. The molecule has 2 fully saturated rings. The number of rotatable bonds is 5. The molecule has 172 valence electrons. The number of carbonyl (C=O) groups is 2. The molecule has 0 radical (unpaired) electrons. The number of nitro groups is 1. The molecular weight excluding hydrogens is 445 g/mol. The average Bonchev–Trinajstić information content (AvgIpc) is 3.36. The van der Waals surface area contributed by atoms with Crippen molar-refractivity contribution in [3.8, 4) is 5.75 Å². The van der Waals surface area contributed by atoms with Crippen LogP contribution in [0.15, 0.2) is 72.8 Å². The highest BCUT2D eigenvalue weighted by Gasteiger charge is 2.60. The van der Waals surface area contributed by atoms with Crippen LogP contribution in [0.3, 0.4) is 0 Å². The smallest absolute Gasteiger partial charge is 0.271 e. The van der Waals surface area contributed by atoms with E-state index in [0.29, 0.717) is 17.0 Å². The summed E-state index contributed by atoms with van der Waals surface area (Å²) in [7, 11) is 1.51. The number of ether oxygens (including phenoxy) is 1. The van der Waals surface area contributed by atoms with Crippen LogP contribution < -0.4 is 14.7 Å². The summed E-state index contributed by atoms with van der Waals surface area (Å²) < 4.78 is 18.7. The molecule has 2 amide bonds. The molecule has 10 heteroatoms. The molecule has 3 aromatic carbocycles. The zero-order valence-corrected chi connectivity index (χ0v) is 17.8. The number of imide groups is 1. The molecule has 2 aliphatic heterocycles. The Hall–Kier alpha value is -4.31. The summed E-state index contributed by atoms with van der Waals surface area (Å²) in [6.45, 7) is 0. The van der Waals surface area contributed by atoms with Crippen molar-refractivity contribution in [3.05, 3.63) is 94.3 Å². The summed E-state index contributed by atoms with van der Waals surface area (Å²) in [5.41, 5.74) is 1.03. The summed E-state index contributed by atoms with van der Waals surface area (Å²) in [6.07, 6.45) is -1.16. The van der Waals surface area contributed by atoms with E-state index < -0.39 is 40.6 Å². The molecular formula is C24H18FN3O6. The third-order valence-electron chi connectivity index (χ3n) is 5.93. The summed E-state index contributed by atoms with van der Waals surface area (Å²) in [5.74, 6) is -2.01. The maximum Gasteiger partial charge on any atom is 0.271 e. The van der Waals surface area contributed by atoms with Gasteiger partial charge in [-0.2, -0.15) is 0 Å². The predicted molar refractivity (Wildman–Crippen MR) is 119 cm³/mol. The minimum atomic E-state index is -1.16. The largest absolute Gasteiger partial charge is 0.497 e. The Morgan fingerprint density at radius 1 is 0.971 bits per heavy atom. The normalized spacial score (nSPS) is 21.6. The molecule has 0 saturated carbocycles. The lowest BCUT2D eigenvalue weighted by atomic mass is 9.90. The summed E-state index contributed by atoms with van der Waals surface area (Å²) in [5, 5.41) is 12.7. The third kappa shape index (κ3) is 3.44. The van der Waals surface area contributed by atoms with Crippen molar-refractivity contribution >= 4 is 28.9 Å². The fourth-order valence-corrected chi connectivity index (χ4v) is 4.39. The Balaban J connectivity index is 1.60. The van der Waals surface area contributed by atoms with E-state index in [9.17, 15) is 24.1 Å². The number of methoxy groups -OCH3 is 1. The molecule has 0 unspecified atom stereocenters. The molecule has 3 aromatic rings. The van der Waals surface area contributed by atoms with Gasteiger partial charge in [0.1, 0.15) is 17.5 Å². The number of hydroxylamine groups is 1. The first kappa shape index (κ1) is 21.5. The highest BCUT2D eigenvalue weighted by molar-refractivity contribution is 6.23. The molecule has 2 aliphatic rings. The van der Waals surface area contributed by atoms with E-state index in [0.717, 1.165) is 4.90 Å². The molecule has 9 nitrogen and oxygen atoms in total. The first-order chi connectivity index (χ1) is 16.4. The zero-order chi connectivity index (χ0) is 24.0. The van der Waals surface area contributed by atoms with Crippen LogP contribution in [0.4, 0.5) is 21.5 Å². The van der Waals surface area contributed by atoms with Crippen LogP contribution in [-0.4, -0.2) is 30.0 Å². The van der Waals surface area contributed by atoms with Crippen molar-refractivity contribution in [2.75, 3.05) is 17.1 Å². The van der Waals surface area contributed by atoms with Crippen molar-refractivity contribution < 1.29 is 28.5 Å². The quantitative estimate of drug-likeness (QED) is 0.322. The molecule has 2 heterocycles. The highest BCUT2D eigenvalue weighted by Crippen LogP contribution is 2.48. The van der Waals surface area contributed by atoms with Crippen LogP contribution in [-0.2, 0) is 14.4 Å². The number of benzene rings is 3. The van der Waals surface area contributed by atoms with Gasteiger partial charge in [0.25, 0.3) is 11.6 Å². The first-order valence-electron chi connectivity index (χ1n) is 10.4. The van der Waals surface area contributed by atoms with Crippen molar-refractivity contribution in [1.29, 1.82) is 0 Å². The maximum atomic E-state index is 13.5. The lowest BCUT2D eigenvalue weighted by molar-refractivity contribution is -0.384. The van der Waals surface area contributed by atoms with Gasteiger partial charge in [0.2, 0.25) is 5.91 Å². The Morgan fingerprint density at radius 2 is 1.71 bits per heavy atom. The zero-order valence-electron chi connectivity index (χ0n) is 17.8. The topological polar surface area (TPSA) is 102 Å². The number of fused-ring (bicyclic) bond motifs is 1. The molecule has 0 N–H and O–H groups in total. The van der Waals surface area contributed by atoms with Crippen LogP contribution in [0.1, 0.15) is 11.6 Å². The fraction of sp³-hybridized carbons (Fsp3) is 0.167. The summed E-state index contributed by atoms with van der Waals surface area (Å²) in [4.78, 5) is 44.6. The van der Waals surface area contributed by atoms with E-state index >= 15 is 0 Å². The summed E-state index contributed by atoms with van der Waals surface area (Å²) >= 11 is 0. The molecule has 34 heavy (non-hydrogen) atoms. The van der Waals surface area contributed by atoms with Gasteiger partial charge in [0, 0.05) is 12.1 Å². The molecule has 3 atom stereocenters. The number of nitrogens with zero attached hydrogens (tertiary/aromatic N) is 3. The monoisotopic (exact) mass is 463 g/mol. The van der Waals surface area contributed by atoms with Gasteiger partial charge in [-0.25, -0.2) is 14.4 Å². The Bertz CT molecular complexity index is 1300. The predicted octanol–water partition coefficient (Wildman–Crippen LogP) is 3.79. The molecule has 2 saturated heterocycles. The number of non-ortho nitro benzene ring substituents is 1. The van der Waals surface area contributed by atoms with Crippen LogP contribution in [0.5, 0.6) is 5.75 Å². The second kappa shape index (κ2) is 8.23. The van der Waals surface area contributed by atoms with E-state index in [4.69, 9.17) is 9.57 Å². The van der Waals surface area contributed by atoms with Crippen molar-refractivity contribution in [3.63, 3.8) is 0 Å². The maximum absolute atomic E-state index is 13.5. The third-order valence-corrected chi connectivity index (χ3v) is 5.93. The molecule has 0 aromatic heterocycles. The van der Waals surface area contributed by atoms with Crippen molar-refractivity contribution in [2.24, 2.45) is 5.92 Å². The Labute approximate surface area is 193 Å². The number of hydrogen-bond acceptors (Lipinski definition) is 7. The van der Waals surface area contributed by atoms with Gasteiger partial charge in [-0.05, 0) is 48.0 Å². The Kier molecular flexibility index (Phi) is 5.21. The van der Waals surface area contributed by atoms with Crippen molar-refractivity contribution in [2.45, 2.75) is 12.1 Å². The molecule has 0 spiro atoms. The minimum absolute atomic E-state index is 0.159. The Morgan fingerprint density at radius 3 is 2.41 bits per heavy atom. The highest BCUT2D eigenvalue weighted by atomic mass is 19.1. The number of hydrogen-bond donors (Lipinski definition) is 0. The second-order valence-corrected chi connectivity index (χ2v) is 7.86. The van der Waals surface area contributed by atoms with Crippen LogP contribution >= 0.6 is 0 Å². The van der Waals surface area contributed by atoms with Crippen LogP contribution in [0, 0.1) is 21.8 Å². The van der Waals surface area contributed by atoms with Gasteiger partial charge < -0.3 is 4.74 Å². The van der Waals surface area contributed by atoms with E-state index in [1.165, 1.54) is 54.6 Å². The average molecular weight is 463 g/mol. The molecule has 0 bridgehead atoms. The van der Waals surface area contributed by atoms with E-state index in [-0.39, 0.29) is 11.4 Å². The molecule has 0 aliphatic carbocycles. The van der Waals surface area contributed by atoms with E-state index in [2.05, 4.69) is 0 Å². The van der Waals surface area contributed by atoms with E-state index in [1.54, 1.807) is 30.3 Å². The minimum Gasteiger partial charge on any atom is -0.497 e. The van der Waals surface area contributed by atoms with Gasteiger partial charge in [-0.3, -0.25) is 24.5 Å². The fourth-order valence-electron chi connectivity index (χ4n) is 4.39. The number of nitro benzene ring substituents is 1. The number of anilines is 2. The lowest BCUT2D eigenvalue weighted by Crippen LogP contribution is -2.37. The SMILES string of the molecule is COc1cccc([C@H]2[C@@H]3C(=O)N(c4ccc(F)cc4)C(=O)[C@H]3ON2c2cccc([N+](=O)[O-])c2)c1. The lowest BCUT2D eigenvalue weighted by Gasteiger charge is -2.28. The van der Waals surface area contributed by atoms with Gasteiger partial charge in [-0.15, -0.1) is 0 Å². The summed E-state index contributed by atoms with van der Waals surface area (Å²) in [6, 6.07) is 17.0. The van der Waals surface area contributed by atoms with Gasteiger partial charge >= 0.3 is 0 Å². The van der Waals surface area contributed by atoms with Gasteiger partial charge in [0.15, 0.2) is 6.10 Å². The van der Waals surface area contributed by atoms with E-state index in [1.807, 2.05) is 0 Å². The first-order valence-corrected chi connectivity index (χ1v) is 10.4. The number of carbonyl (C=O) groups excluding carboxylic acids is 2. The standard InChI is InChI=1S/C24H18FN3O6/c1-33-19-7-2-4-14(12-19)21-20-22(34-27(21)17-5-3-6-18(13-17)28(31)32)24(30)26(23(20)29)16-10-8-15(25)9-11-16/h2-13,20-22H,1H3/t20-,21-,22-/m0/s1. The number of amides is 2. The van der Waals surface area contributed by atoms with Gasteiger partial charge in [0.05, 0.1) is 29.4 Å². The van der Waals surface area contributed by atoms with Crippen molar-refractivity contribution in [1.82, 2.24) is 0 Å². The van der Waals surface area contributed by atoms with Crippen LogP contribution in [0.2, 0.25) is 0 Å².